The Labute approximate surface area is 56.0 Å². The van der Waals surface area contributed by atoms with E-state index in [1.807, 2.05) is 38.2 Å². The summed E-state index contributed by atoms with van der Waals surface area (Å²) < 4.78 is 0. The standard InChI is InChI=1S/C6H11NS/c1-6(8)4-5-7(2)3/h4-5H,1-3H3/b5-4+. The van der Waals surface area contributed by atoms with Gasteiger partial charge in [0.15, 0.2) is 0 Å². The zero-order valence-corrected chi connectivity index (χ0v) is 6.33. The minimum Gasteiger partial charge on any atom is -0.383 e. The van der Waals surface area contributed by atoms with Crippen LogP contribution in [0.1, 0.15) is 6.92 Å². The van der Waals surface area contributed by atoms with E-state index in [4.69, 9.17) is 12.2 Å². The molecule has 46 valence electrons. The molecule has 0 aromatic heterocycles. The Balaban J connectivity index is 3.50. The van der Waals surface area contributed by atoms with Crippen molar-refractivity contribution in [3.05, 3.63) is 12.3 Å². The summed E-state index contributed by atoms with van der Waals surface area (Å²) in [4.78, 5) is 2.87. The highest BCUT2D eigenvalue weighted by Crippen LogP contribution is 1.80. The van der Waals surface area contributed by atoms with Gasteiger partial charge in [0.1, 0.15) is 0 Å². The molecule has 0 aliphatic rings. The Morgan fingerprint density at radius 3 is 2.12 bits per heavy atom. The fraction of sp³-hybridized carbons (Fsp3) is 0.500. The second-order valence-corrected chi connectivity index (χ2v) is 2.53. The smallest absolute Gasteiger partial charge is 0.0135 e. The maximum absolute atomic E-state index is 4.80. The lowest BCUT2D eigenvalue weighted by Gasteiger charge is -2.01. The summed E-state index contributed by atoms with van der Waals surface area (Å²) in [5.74, 6) is 0. The first-order chi connectivity index (χ1) is 3.63. The maximum Gasteiger partial charge on any atom is 0.0135 e. The van der Waals surface area contributed by atoms with Crippen LogP contribution in [-0.4, -0.2) is 23.9 Å². The molecule has 0 unspecified atom stereocenters. The van der Waals surface area contributed by atoms with Gasteiger partial charge in [-0.2, -0.15) is 0 Å². The van der Waals surface area contributed by atoms with Crippen molar-refractivity contribution in [3.8, 4) is 0 Å². The largest absolute Gasteiger partial charge is 0.383 e. The molecule has 0 saturated heterocycles. The van der Waals surface area contributed by atoms with E-state index in [2.05, 4.69) is 0 Å². The van der Waals surface area contributed by atoms with Gasteiger partial charge in [-0.05, 0) is 19.2 Å². The van der Waals surface area contributed by atoms with Crippen molar-refractivity contribution >= 4 is 17.1 Å². The molecule has 0 rings (SSSR count). The molecule has 0 atom stereocenters. The van der Waals surface area contributed by atoms with Crippen molar-refractivity contribution in [2.45, 2.75) is 6.92 Å². The van der Waals surface area contributed by atoms with Crippen molar-refractivity contribution in [2.75, 3.05) is 14.1 Å². The molecule has 0 aliphatic carbocycles. The lowest BCUT2D eigenvalue weighted by molar-refractivity contribution is 0.564. The van der Waals surface area contributed by atoms with E-state index in [0.717, 1.165) is 4.86 Å². The molecule has 0 aromatic carbocycles. The zero-order valence-electron chi connectivity index (χ0n) is 5.51. The molecule has 0 radical (unpaired) electrons. The molecule has 0 heterocycles. The maximum atomic E-state index is 4.80. The SMILES string of the molecule is CC(=S)/C=C/N(C)C. The molecule has 0 spiro atoms. The second kappa shape index (κ2) is 3.61. The molecule has 0 aliphatic heterocycles. The van der Waals surface area contributed by atoms with Gasteiger partial charge in [0.25, 0.3) is 0 Å². The summed E-state index contributed by atoms with van der Waals surface area (Å²) in [5.41, 5.74) is 0. The molecule has 0 aromatic rings. The topological polar surface area (TPSA) is 3.24 Å². The third kappa shape index (κ3) is 5.63. The monoisotopic (exact) mass is 129 g/mol. The van der Waals surface area contributed by atoms with Gasteiger partial charge in [-0.15, -0.1) is 0 Å². The van der Waals surface area contributed by atoms with Crippen molar-refractivity contribution in [1.29, 1.82) is 0 Å². The molecule has 2 heteroatoms. The van der Waals surface area contributed by atoms with Gasteiger partial charge in [0.05, 0.1) is 0 Å². The fourth-order valence-corrected chi connectivity index (χ4v) is 0.315. The zero-order chi connectivity index (χ0) is 6.57. The van der Waals surface area contributed by atoms with E-state index in [-0.39, 0.29) is 0 Å². The van der Waals surface area contributed by atoms with E-state index in [1.165, 1.54) is 0 Å². The Morgan fingerprint density at radius 1 is 1.50 bits per heavy atom. The summed E-state index contributed by atoms with van der Waals surface area (Å²) >= 11 is 4.80. The minimum absolute atomic E-state index is 0.915. The van der Waals surface area contributed by atoms with Gasteiger partial charge in [-0.25, -0.2) is 0 Å². The van der Waals surface area contributed by atoms with Crippen LogP contribution in [0.5, 0.6) is 0 Å². The first-order valence-electron chi connectivity index (χ1n) is 2.48. The lowest BCUT2D eigenvalue weighted by Crippen LogP contribution is -2.00. The molecular weight excluding hydrogens is 118 g/mol. The number of hydrogen-bond acceptors (Lipinski definition) is 2. The van der Waals surface area contributed by atoms with Gasteiger partial charge in [-0.1, -0.05) is 12.2 Å². The molecule has 0 fully saturated rings. The van der Waals surface area contributed by atoms with Crippen LogP contribution in [0.3, 0.4) is 0 Å². The summed E-state index contributed by atoms with van der Waals surface area (Å²) in [6.07, 6.45) is 3.83. The van der Waals surface area contributed by atoms with Crippen LogP contribution in [0.25, 0.3) is 0 Å². The van der Waals surface area contributed by atoms with Gasteiger partial charge >= 0.3 is 0 Å². The third-order valence-corrected chi connectivity index (χ3v) is 0.743. The minimum atomic E-state index is 0.915. The number of nitrogens with zero attached hydrogens (tertiary/aromatic N) is 1. The van der Waals surface area contributed by atoms with Gasteiger partial charge in [0.2, 0.25) is 0 Å². The second-order valence-electron chi connectivity index (χ2n) is 1.89. The van der Waals surface area contributed by atoms with E-state index in [9.17, 15) is 0 Å². The van der Waals surface area contributed by atoms with Crippen LogP contribution in [-0.2, 0) is 0 Å². The summed E-state index contributed by atoms with van der Waals surface area (Å²) in [6, 6.07) is 0. The van der Waals surface area contributed by atoms with Crippen LogP contribution >= 0.6 is 12.2 Å². The Hall–Kier alpha value is -0.370. The average Bonchev–Trinajstić information content (AvgIpc) is 1.61. The van der Waals surface area contributed by atoms with E-state index >= 15 is 0 Å². The highest BCUT2D eigenvalue weighted by atomic mass is 32.1. The molecule has 8 heavy (non-hydrogen) atoms. The lowest BCUT2D eigenvalue weighted by atomic mass is 10.5. The number of hydrogen-bond donors (Lipinski definition) is 0. The van der Waals surface area contributed by atoms with Crippen molar-refractivity contribution in [3.63, 3.8) is 0 Å². The van der Waals surface area contributed by atoms with Crippen LogP contribution in [0.15, 0.2) is 12.3 Å². The molecule has 0 N–H and O–H groups in total. The first-order valence-corrected chi connectivity index (χ1v) is 2.89. The highest BCUT2D eigenvalue weighted by Gasteiger charge is 1.76. The fourth-order valence-electron chi connectivity index (χ4n) is 0.254. The number of rotatable bonds is 2. The average molecular weight is 129 g/mol. The predicted molar refractivity (Wildman–Crippen MR) is 41.1 cm³/mol. The molecule has 0 saturated carbocycles. The van der Waals surface area contributed by atoms with Crippen LogP contribution < -0.4 is 0 Å². The van der Waals surface area contributed by atoms with Crippen LogP contribution in [0.4, 0.5) is 0 Å². The highest BCUT2D eigenvalue weighted by molar-refractivity contribution is 7.80. The Bertz CT molecular complexity index is 105. The normalized spacial score (nSPS) is 9.88. The predicted octanol–water partition coefficient (Wildman–Crippen LogP) is 1.45. The van der Waals surface area contributed by atoms with Crippen molar-refractivity contribution in [1.82, 2.24) is 4.90 Å². The Kier molecular flexibility index (Phi) is 3.44. The summed E-state index contributed by atoms with van der Waals surface area (Å²) in [5, 5.41) is 0. The molecule has 0 amide bonds. The molecule has 0 bridgehead atoms. The quantitative estimate of drug-likeness (QED) is 0.410. The summed E-state index contributed by atoms with van der Waals surface area (Å²) in [6.45, 7) is 1.90. The van der Waals surface area contributed by atoms with Gasteiger partial charge in [-0.3, -0.25) is 0 Å². The third-order valence-electron chi connectivity index (χ3n) is 0.607. The van der Waals surface area contributed by atoms with Crippen molar-refractivity contribution in [2.24, 2.45) is 0 Å². The van der Waals surface area contributed by atoms with Crippen molar-refractivity contribution < 1.29 is 0 Å². The summed E-state index contributed by atoms with van der Waals surface area (Å²) in [7, 11) is 3.93. The van der Waals surface area contributed by atoms with Crippen LogP contribution in [0, 0.1) is 0 Å². The Morgan fingerprint density at radius 2 is 2.00 bits per heavy atom. The van der Waals surface area contributed by atoms with E-state index in [1.54, 1.807) is 0 Å². The van der Waals surface area contributed by atoms with E-state index in [0.29, 0.717) is 0 Å². The van der Waals surface area contributed by atoms with Gasteiger partial charge < -0.3 is 4.90 Å². The molecule has 1 nitrogen and oxygen atoms in total. The first kappa shape index (κ1) is 7.63. The van der Waals surface area contributed by atoms with Gasteiger partial charge in [0, 0.05) is 19.0 Å². The van der Waals surface area contributed by atoms with E-state index < -0.39 is 0 Å². The number of allylic oxidation sites excluding steroid dienone is 1. The number of thiocarbonyl (C=S) groups is 1. The molecular formula is C6H11NS. The van der Waals surface area contributed by atoms with Crippen LogP contribution in [0.2, 0.25) is 0 Å².